The zero-order valence-corrected chi connectivity index (χ0v) is 11.5. The maximum atomic E-state index is 6.14. The fraction of sp³-hybridized carbons (Fsp3) is 0.143. The Morgan fingerprint density at radius 3 is 2.35 bits per heavy atom. The molecule has 3 heteroatoms. The molecule has 17 heavy (non-hydrogen) atoms. The van der Waals surface area contributed by atoms with Gasteiger partial charge < -0.3 is 4.74 Å². The predicted octanol–water partition coefficient (Wildman–Crippen LogP) is 4.78. The summed E-state index contributed by atoms with van der Waals surface area (Å²) in [5.41, 5.74) is 2.14. The first-order chi connectivity index (χ1) is 8.31. The average Bonchev–Trinajstić information content (AvgIpc) is 2.38. The van der Waals surface area contributed by atoms with Crippen molar-refractivity contribution in [3.63, 3.8) is 0 Å². The van der Waals surface area contributed by atoms with Gasteiger partial charge in [0.1, 0.15) is 5.75 Å². The Morgan fingerprint density at radius 2 is 1.71 bits per heavy atom. The van der Waals surface area contributed by atoms with Crippen LogP contribution < -0.4 is 4.74 Å². The number of ether oxygens (including phenoxy) is 1. The van der Waals surface area contributed by atoms with Gasteiger partial charge in [0, 0.05) is 15.9 Å². The summed E-state index contributed by atoms with van der Waals surface area (Å²) in [6, 6.07) is 15.8. The summed E-state index contributed by atoms with van der Waals surface area (Å²) in [6.45, 7) is 0.672. The molecule has 0 radical (unpaired) electrons. The van der Waals surface area contributed by atoms with E-state index in [1.807, 2.05) is 48.5 Å². The molecule has 0 saturated heterocycles. The van der Waals surface area contributed by atoms with Crippen LogP contribution in [0.4, 0.5) is 0 Å². The lowest BCUT2D eigenvalue weighted by atomic mass is 10.1. The van der Waals surface area contributed by atoms with E-state index in [4.69, 9.17) is 16.3 Å². The summed E-state index contributed by atoms with van der Waals surface area (Å²) < 4.78 is 5.50. The van der Waals surface area contributed by atoms with Gasteiger partial charge in [-0.15, -0.1) is 0 Å². The Labute approximate surface area is 115 Å². The third-order valence-electron chi connectivity index (χ3n) is 2.39. The van der Waals surface area contributed by atoms with E-state index < -0.39 is 0 Å². The van der Waals surface area contributed by atoms with Crippen molar-refractivity contribution in [1.29, 1.82) is 0 Å². The monoisotopic (exact) mass is 310 g/mol. The second-order valence-electron chi connectivity index (χ2n) is 3.54. The van der Waals surface area contributed by atoms with Gasteiger partial charge in [0.25, 0.3) is 0 Å². The number of alkyl halides is 1. The number of halogens is 2. The summed E-state index contributed by atoms with van der Waals surface area (Å²) in [6.07, 6.45) is 0. The maximum absolute atomic E-state index is 6.14. The normalized spacial score (nSPS) is 10.2. The lowest BCUT2D eigenvalue weighted by molar-refractivity contribution is 0.345. The number of rotatable bonds is 4. The number of hydrogen-bond acceptors (Lipinski definition) is 1. The largest absolute Gasteiger partial charge is 0.493 e. The van der Waals surface area contributed by atoms with Gasteiger partial charge in [0.15, 0.2) is 0 Å². The topological polar surface area (TPSA) is 9.23 Å². The van der Waals surface area contributed by atoms with E-state index in [0.29, 0.717) is 6.61 Å². The highest BCUT2D eigenvalue weighted by Gasteiger charge is 2.02. The van der Waals surface area contributed by atoms with E-state index in [1.54, 1.807) is 0 Å². The van der Waals surface area contributed by atoms with E-state index in [0.717, 1.165) is 27.2 Å². The molecule has 2 aromatic rings. The van der Waals surface area contributed by atoms with Crippen molar-refractivity contribution in [2.75, 3.05) is 11.9 Å². The third-order valence-corrected chi connectivity index (χ3v) is 3.04. The van der Waals surface area contributed by atoms with E-state index in [-0.39, 0.29) is 0 Å². The predicted molar refractivity (Wildman–Crippen MR) is 76.2 cm³/mol. The molecule has 0 N–H and O–H groups in total. The summed E-state index contributed by atoms with van der Waals surface area (Å²) in [4.78, 5) is 0. The average molecular weight is 312 g/mol. The zero-order chi connectivity index (χ0) is 12.1. The summed E-state index contributed by atoms with van der Waals surface area (Å²) in [5, 5.41) is 1.60. The molecule has 2 aromatic carbocycles. The van der Waals surface area contributed by atoms with Gasteiger partial charge in [-0.3, -0.25) is 0 Å². The summed E-state index contributed by atoms with van der Waals surface area (Å²) >= 11 is 9.47. The standard InChI is InChI=1S/C14H12BrClO/c15-9-10-17-12-7-5-11(6-8-12)13-3-1-2-4-14(13)16/h1-8H,9-10H2. The third kappa shape index (κ3) is 3.24. The van der Waals surface area contributed by atoms with Crippen LogP contribution in [0.25, 0.3) is 11.1 Å². The minimum atomic E-state index is 0.672. The first kappa shape index (κ1) is 12.5. The molecule has 0 heterocycles. The highest BCUT2D eigenvalue weighted by atomic mass is 79.9. The zero-order valence-electron chi connectivity index (χ0n) is 9.20. The molecule has 0 bridgehead atoms. The van der Waals surface area contributed by atoms with Crippen LogP contribution in [0.2, 0.25) is 5.02 Å². The van der Waals surface area contributed by atoms with Crippen molar-refractivity contribution in [1.82, 2.24) is 0 Å². The number of benzene rings is 2. The molecule has 0 aliphatic heterocycles. The minimum absolute atomic E-state index is 0.672. The molecule has 0 fully saturated rings. The smallest absolute Gasteiger partial charge is 0.119 e. The molecule has 0 aliphatic carbocycles. The molecular formula is C14H12BrClO. The van der Waals surface area contributed by atoms with Crippen LogP contribution in [-0.4, -0.2) is 11.9 Å². The quantitative estimate of drug-likeness (QED) is 0.738. The molecular weight excluding hydrogens is 300 g/mol. The fourth-order valence-corrected chi connectivity index (χ4v) is 1.99. The fourth-order valence-electron chi connectivity index (χ4n) is 1.58. The Balaban J connectivity index is 2.21. The van der Waals surface area contributed by atoms with Crippen molar-refractivity contribution < 1.29 is 4.74 Å². The highest BCUT2D eigenvalue weighted by Crippen LogP contribution is 2.28. The highest BCUT2D eigenvalue weighted by molar-refractivity contribution is 9.09. The van der Waals surface area contributed by atoms with Crippen LogP contribution >= 0.6 is 27.5 Å². The molecule has 0 amide bonds. The molecule has 0 spiro atoms. The van der Waals surface area contributed by atoms with Crippen LogP contribution in [-0.2, 0) is 0 Å². The van der Waals surface area contributed by atoms with Crippen LogP contribution in [0, 0.1) is 0 Å². The molecule has 0 unspecified atom stereocenters. The van der Waals surface area contributed by atoms with Crippen LogP contribution in [0.1, 0.15) is 0 Å². The van der Waals surface area contributed by atoms with Gasteiger partial charge in [0.2, 0.25) is 0 Å². The van der Waals surface area contributed by atoms with Crippen LogP contribution in [0.3, 0.4) is 0 Å². The van der Waals surface area contributed by atoms with E-state index >= 15 is 0 Å². The first-order valence-corrected chi connectivity index (χ1v) is 6.85. The summed E-state index contributed by atoms with van der Waals surface area (Å²) in [7, 11) is 0. The Hall–Kier alpha value is -0.990. The van der Waals surface area contributed by atoms with Crippen molar-refractivity contribution in [2.45, 2.75) is 0 Å². The van der Waals surface area contributed by atoms with Gasteiger partial charge >= 0.3 is 0 Å². The molecule has 0 saturated carbocycles. The van der Waals surface area contributed by atoms with Crippen LogP contribution in [0.15, 0.2) is 48.5 Å². The van der Waals surface area contributed by atoms with E-state index in [9.17, 15) is 0 Å². The Kier molecular flexibility index (Phi) is 4.46. The van der Waals surface area contributed by atoms with E-state index in [1.165, 1.54) is 0 Å². The van der Waals surface area contributed by atoms with Crippen LogP contribution in [0.5, 0.6) is 5.75 Å². The van der Waals surface area contributed by atoms with Crippen molar-refractivity contribution >= 4 is 27.5 Å². The van der Waals surface area contributed by atoms with Crippen molar-refractivity contribution in [3.05, 3.63) is 53.6 Å². The van der Waals surface area contributed by atoms with Gasteiger partial charge in [-0.1, -0.05) is 57.9 Å². The molecule has 2 rings (SSSR count). The van der Waals surface area contributed by atoms with Gasteiger partial charge in [-0.2, -0.15) is 0 Å². The molecule has 0 aliphatic rings. The van der Waals surface area contributed by atoms with Crippen molar-refractivity contribution in [2.24, 2.45) is 0 Å². The minimum Gasteiger partial charge on any atom is -0.493 e. The van der Waals surface area contributed by atoms with Gasteiger partial charge in [-0.25, -0.2) is 0 Å². The second kappa shape index (κ2) is 6.08. The Bertz CT molecular complexity index is 482. The summed E-state index contributed by atoms with van der Waals surface area (Å²) in [5.74, 6) is 0.875. The second-order valence-corrected chi connectivity index (χ2v) is 4.74. The lowest BCUT2D eigenvalue weighted by Gasteiger charge is -2.07. The van der Waals surface area contributed by atoms with Gasteiger partial charge in [0.05, 0.1) is 6.61 Å². The number of hydrogen-bond donors (Lipinski definition) is 0. The first-order valence-electron chi connectivity index (χ1n) is 5.35. The van der Waals surface area contributed by atoms with E-state index in [2.05, 4.69) is 15.9 Å². The molecule has 88 valence electrons. The molecule has 0 atom stereocenters. The Morgan fingerprint density at radius 1 is 1.00 bits per heavy atom. The molecule has 0 aromatic heterocycles. The van der Waals surface area contributed by atoms with Crippen molar-refractivity contribution in [3.8, 4) is 16.9 Å². The maximum Gasteiger partial charge on any atom is 0.119 e. The lowest BCUT2D eigenvalue weighted by Crippen LogP contribution is -1.97. The van der Waals surface area contributed by atoms with Gasteiger partial charge in [-0.05, 0) is 23.8 Å². The SMILES string of the molecule is Clc1ccccc1-c1ccc(OCCBr)cc1. The molecule has 1 nitrogen and oxygen atoms in total.